The van der Waals surface area contributed by atoms with Crippen molar-refractivity contribution in [3.63, 3.8) is 0 Å². The van der Waals surface area contributed by atoms with Crippen LogP contribution in [0, 0.1) is 0 Å². The van der Waals surface area contributed by atoms with E-state index in [1.807, 2.05) is 6.07 Å². The van der Waals surface area contributed by atoms with Gasteiger partial charge >= 0.3 is 0 Å². The summed E-state index contributed by atoms with van der Waals surface area (Å²) in [5.74, 6) is 0.865. The van der Waals surface area contributed by atoms with Crippen LogP contribution in [0.15, 0.2) is 36.7 Å². The number of rotatable bonds is 5. The van der Waals surface area contributed by atoms with E-state index in [0.717, 1.165) is 5.56 Å². The zero-order chi connectivity index (χ0) is 19.4. The molecule has 1 aliphatic heterocycles. The van der Waals surface area contributed by atoms with Crippen LogP contribution in [-0.2, 0) is 4.74 Å². The normalized spacial score (nSPS) is 19.6. The van der Waals surface area contributed by atoms with E-state index in [2.05, 4.69) is 4.98 Å². The number of morpholine rings is 1. The molecule has 0 saturated carbocycles. The summed E-state index contributed by atoms with van der Waals surface area (Å²) in [5, 5.41) is 10.1. The Kier molecular flexibility index (Phi) is 6.15. The van der Waals surface area contributed by atoms with Crippen molar-refractivity contribution in [2.75, 3.05) is 34.0 Å². The number of nitrogens with zero attached hydrogens (tertiary/aromatic N) is 2. The monoisotopic (exact) mass is 392 g/mol. The lowest BCUT2D eigenvalue weighted by molar-refractivity contribution is -0.0811. The number of halogens is 1. The SMILES string of the molecule is COc1ccc([C@@H]2[C@@H](CO)OCCN2C(=O)c2ccncc2Cl)cc1OC. The van der Waals surface area contributed by atoms with Crippen LogP contribution < -0.4 is 9.47 Å². The minimum Gasteiger partial charge on any atom is -0.493 e. The van der Waals surface area contributed by atoms with E-state index in [1.54, 1.807) is 37.3 Å². The maximum atomic E-state index is 13.2. The first-order chi connectivity index (χ1) is 13.1. The molecule has 27 heavy (non-hydrogen) atoms. The van der Waals surface area contributed by atoms with Gasteiger partial charge in [-0.2, -0.15) is 0 Å². The summed E-state index contributed by atoms with van der Waals surface area (Å²) < 4.78 is 16.4. The fraction of sp³-hybridized carbons (Fsp3) is 0.368. The van der Waals surface area contributed by atoms with Crippen LogP contribution in [0.1, 0.15) is 22.0 Å². The molecule has 7 nitrogen and oxygen atoms in total. The fourth-order valence-electron chi connectivity index (χ4n) is 3.25. The van der Waals surface area contributed by atoms with Gasteiger partial charge in [0.25, 0.3) is 5.91 Å². The molecule has 3 rings (SSSR count). The lowest BCUT2D eigenvalue weighted by atomic mass is 9.97. The van der Waals surface area contributed by atoms with Crippen molar-refractivity contribution >= 4 is 17.5 Å². The number of methoxy groups -OCH3 is 2. The van der Waals surface area contributed by atoms with Gasteiger partial charge in [0.15, 0.2) is 11.5 Å². The van der Waals surface area contributed by atoms with Crippen LogP contribution in [0.25, 0.3) is 0 Å². The predicted molar refractivity (Wildman–Crippen MR) is 99.4 cm³/mol. The zero-order valence-corrected chi connectivity index (χ0v) is 15.8. The molecule has 1 aromatic heterocycles. The summed E-state index contributed by atoms with van der Waals surface area (Å²) in [6.45, 7) is 0.462. The molecule has 144 valence electrons. The number of pyridine rings is 1. The van der Waals surface area contributed by atoms with Crippen molar-refractivity contribution in [3.05, 3.63) is 52.8 Å². The van der Waals surface area contributed by atoms with E-state index < -0.39 is 12.1 Å². The highest BCUT2D eigenvalue weighted by atomic mass is 35.5. The molecule has 0 radical (unpaired) electrons. The average molecular weight is 393 g/mol. The first kappa shape index (κ1) is 19.4. The van der Waals surface area contributed by atoms with Crippen LogP contribution in [0.4, 0.5) is 0 Å². The second-order valence-corrected chi connectivity index (χ2v) is 6.41. The Hall–Kier alpha value is -2.35. The number of benzene rings is 1. The lowest BCUT2D eigenvalue weighted by Crippen LogP contribution is -2.49. The molecule has 1 fully saturated rings. The molecule has 1 amide bonds. The first-order valence-corrected chi connectivity index (χ1v) is 8.83. The van der Waals surface area contributed by atoms with Gasteiger partial charge in [-0.3, -0.25) is 9.78 Å². The summed E-state index contributed by atoms with van der Waals surface area (Å²) in [5.41, 5.74) is 1.13. The van der Waals surface area contributed by atoms with Crippen LogP contribution in [0.2, 0.25) is 5.02 Å². The Labute approximate surface area is 162 Å². The van der Waals surface area contributed by atoms with E-state index in [0.29, 0.717) is 30.2 Å². The molecule has 1 aliphatic rings. The van der Waals surface area contributed by atoms with E-state index in [9.17, 15) is 9.90 Å². The third kappa shape index (κ3) is 3.85. The standard InChI is InChI=1S/C19H21ClN2O5/c1-25-15-4-3-12(9-16(15)26-2)18-17(11-23)27-8-7-22(18)19(24)13-5-6-21-10-14(13)20/h3-6,9-10,17-18,23H,7-8,11H2,1-2H3/t17-,18-/m1/s1. The number of hydrogen-bond donors (Lipinski definition) is 1. The molecule has 1 aromatic carbocycles. The van der Waals surface area contributed by atoms with Crippen LogP contribution in [0.3, 0.4) is 0 Å². The van der Waals surface area contributed by atoms with Crippen molar-refractivity contribution in [2.45, 2.75) is 12.1 Å². The van der Waals surface area contributed by atoms with Crippen molar-refractivity contribution in [2.24, 2.45) is 0 Å². The molecule has 0 unspecified atom stereocenters. The summed E-state index contributed by atoms with van der Waals surface area (Å²) in [6, 6.07) is 6.46. The summed E-state index contributed by atoms with van der Waals surface area (Å²) >= 11 is 6.16. The number of carbonyl (C=O) groups is 1. The van der Waals surface area contributed by atoms with Gasteiger partial charge in [-0.15, -0.1) is 0 Å². The van der Waals surface area contributed by atoms with Crippen LogP contribution >= 0.6 is 11.6 Å². The van der Waals surface area contributed by atoms with Gasteiger partial charge in [-0.25, -0.2) is 0 Å². The molecule has 1 N–H and O–H groups in total. The molecule has 0 bridgehead atoms. The van der Waals surface area contributed by atoms with Crippen molar-refractivity contribution < 1.29 is 24.1 Å². The smallest absolute Gasteiger partial charge is 0.256 e. The van der Waals surface area contributed by atoms with E-state index in [1.165, 1.54) is 12.4 Å². The Morgan fingerprint density at radius 2 is 2.11 bits per heavy atom. The van der Waals surface area contributed by atoms with E-state index in [4.69, 9.17) is 25.8 Å². The van der Waals surface area contributed by atoms with Gasteiger partial charge in [0.2, 0.25) is 0 Å². The third-order valence-electron chi connectivity index (χ3n) is 4.54. The Bertz CT molecular complexity index is 816. The number of hydrogen-bond acceptors (Lipinski definition) is 6. The van der Waals surface area contributed by atoms with E-state index >= 15 is 0 Å². The van der Waals surface area contributed by atoms with Crippen molar-refractivity contribution in [1.29, 1.82) is 0 Å². The zero-order valence-electron chi connectivity index (χ0n) is 15.1. The molecule has 2 aromatic rings. The number of carbonyl (C=O) groups excluding carboxylic acids is 1. The third-order valence-corrected chi connectivity index (χ3v) is 4.85. The summed E-state index contributed by atoms with van der Waals surface area (Å²) in [6.07, 6.45) is 2.39. The van der Waals surface area contributed by atoms with Gasteiger partial charge in [-0.05, 0) is 23.8 Å². The molecule has 2 heterocycles. The van der Waals surface area contributed by atoms with E-state index in [-0.39, 0.29) is 17.5 Å². The molecule has 0 spiro atoms. The highest BCUT2D eigenvalue weighted by Gasteiger charge is 2.37. The largest absolute Gasteiger partial charge is 0.493 e. The van der Waals surface area contributed by atoms with Gasteiger partial charge in [0.1, 0.15) is 6.10 Å². The van der Waals surface area contributed by atoms with Crippen molar-refractivity contribution in [1.82, 2.24) is 9.88 Å². The van der Waals surface area contributed by atoms with Gasteiger partial charge < -0.3 is 24.2 Å². The predicted octanol–water partition coefficient (Wildman–Crippen LogP) is 2.33. The number of aliphatic hydroxyl groups is 1. The van der Waals surface area contributed by atoms with Gasteiger partial charge in [-0.1, -0.05) is 17.7 Å². The number of aliphatic hydroxyl groups excluding tert-OH is 1. The average Bonchev–Trinajstić information content (AvgIpc) is 2.72. The maximum absolute atomic E-state index is 13.2. The molecular formula is C19H21ClN2O5. The maximum Gasteiger partial charge on any atom is 0.256 e. The number of ether oxygens (including phenoxy) is 3. The van der Waals surface area contributed by atoms with Gasteiger partial charge in [0, 0.05) is 18.9 Å². The minimum absolute atomic E-state index is 0.229. The lowest BCUT2D eigenvalue weighted by Gasteiger charge is -2.41. The highest BCUT2D eigenvalue weighted by Crippen LogP contribution is 2.36. The molecule has 0 aliphatic carbocycles. The minimum atomic E-state index is -0.568. The fourth-order valence-corrected chi connectivity index (χ4v) is 3.45. The second-order valence-electron chi connectivity index (χ2n) is 6.01. The molecule has 8 heteroatoms. The van der Waals surface area contributed by atoms with Crippen molar-refractivity contribution in [3.8, 4) is 11.5 Å². The van der Waals surface area contributed by atoms with Gasteiger partial charge in [0.05, 0.1) is 44.1 Å². The van der Waals surface area contributed by atoms with Crippen LogP contribution in [-0.4, -0.2) is 61.0 Å². The quantitative estimate of drug-likeness (QED) is 0.841. The van der Waals surface area contributed by atoms with Crippen LogP contribution in [0.5, 0.6) is 11.5 Å². The summed E-state index contributed by atoms with van der Waals surface area (Å²) in [7, 11) is 3.10. The molecule has 1 saturated heterocycles. The molecule has 2 atom stereocenters. The Morgan fingerprint density at radius 1 is 1.33 bits per heavy atom. The summed E-state index contributed by atoms with van der Waals surface area (Å²) in [4.78, 5) is 18.7. The highest BCUT2D eigenvalue weighted by molar-refractivity contribution is 6.33. The number of amides is 1. The Morgan fingerprint density at radius 3 is 2.78 bits per heavy atom. The topological polar surface area (TPSA) is 81.1 Å². The Balaban J connectivity index is 2.02. The second kappa shape index (κ2) is 8.56. The first-order valence-electron chi connectivity index (χ1n) is 8.45. The molecular weight excluding hydrogens is 372 g/mol. The number of aromatic nitrogens is 1.